The number of benzene rings is 1. The standard InChI is InChI=1S/C12H12FNO2/c1-7-3-8(13)4-10-11(16)5-9(6-15)14(2)12(7)10/h3-5,15H,6H2,1-2H3. The summed E-state index contributed by atoms with van der Waals surface area (Å²) in [5, 5.41) is 9.46. The maximum absolute atomic E-state index is 13.2. The molecule has 1 aromatic heterocycles. The lowest BCUT2D eigenvalue weighted by Crippen LogP contribution is -2.12. The number of aromatic nitrogens is 1. The minimum absolute atomic E-state index is 0.210. The van der Waals surface area contributed by atoms with Gasteiger partial charge in [0.1, 0.15) is 5.82 Å². The third-order valence-electron chi connectivity index (χ3n) is 2.76. The number of aliphatic hydroxyl groups is 1. The molecule has 0 spiro atoms. The van der Waals surface area contributed by atoms with Crippen molar-refractivity contribution in [2.24, 2.45) is 7.05 Å². The summed E-state index contributed by atoms with van der Waals surface area (Å²) in [5.74, 6) is -0.418. The van der Waals surface area contributed by atoms with Crippen molar-refractivity contribution in [3.05, 3.63) is 45.5 Å². The van der Waals surface area contributed by atoms with Crippen LogP contribution in [0, 0.1) is 12.7 Å². The Hall–Kier alpha value is -1.68. The van der Waals surface area contributed by atoms with Crippen molar-refractivity contribution in [3.8, 4) is 0 Å². The average molecular weight is 221 g/mol. The lowest BCUT2D eigenvalue weighted by atomic mass is 10.1. The maximum Gasteiger partial charge on any atom is 0.189 e. The van der Waals surface area contributed by atoms with Crippen LogP contribution in [0.3, 0.4) is 0 Å². The van der Waals surface area contributed by atoms with Crippen LogP contribution in [0.1, 0.15) is 11.3 Å². The van der Waals surface area contributed by atoms with Crippen molar-refractivity contribution in [2.75, 3.05) is 0 Å². The number of aryl methyl sites for hydroxylation is 2. The van der Waals surface area contributed by atoms with Gasteiger partial charge in [-0.3, -0.25) is 4.79 Å². The van der Waals surface area contributed by atoms with Crippen LogP contribution < -0.4 is 5.43 Å². The second-order valence-electron chi connectivity index (χ2n) is 3.84. The van der Waals surface area contributed by atoms with Crippen molar-refractivity contribution in [2.45, 2.75) is 13.5 Å². The molecule has 0 bridgehead atoms. The van der Waals surface area contributed by atoms with E-state index in [4.69, 9.17) is 5.11 Å². The smallest absolute Gasteiger partial charge is 0.189 e. The van der Waals surface area contributed by atoms with E-state index in [0.29, 0.717) is 22.2 Å². The monoisotopic (exact) mass is 221 g/mol. The fourth-order valence-electron chi connectivity index (χ4n) is 1.99. The second kappa shape index (κ2) is 3.72. The molecule has 0 unspecified atom stereocenters. The van der Waals surface area contributed by atoms with Crippen LogP contribution in [-0.4, -0.2) is 9.67 Å². The number of halogens is 1. The molecule has 16 heavy (non-hydrogen) atoms. The van der Waals surface area contributed by atoms with Gasteiger partial charge in [0.05, 0.1) is 12.1 Å². The van der Waals surface area contributed by atoms with E-state index >= 15 is 0 Å². The minimum atomic E-state index is -0.418. The molecule has 0 aliphatic carbocycles. The first-order chi connectivity index (χ1) is 7.54. The van der Waals surface area contributed by atoms with Crippen LogP contribution in [-0.2, 0) is 13.7 Å². The van der Waals surface area contributed by atoms with Crippen LogP contribution in [0.15, 0.2) is 23.0 Å². The van der Waals surface area contributed by atoms with Gasteiger partial charge in [-0.15, -0.1) is 0 Å². The number of aliphatic hydroxyl groups excluding tert-OH is 1. The first kappa shape index (κ1) is 10.8. The van der Waals surface area contributed by atoms with Gasteiger partial charge >= 0.3 is 0 Å². The van der Waals surface area contributed by atoms with Crippen molar-refractivity contribution in [1.29, 1.82) is 0 Å². The van der Waals surface area contributed by atoms with E-state index in [9.17, 15) is 9.18 Å². The van der Waals surface area contributed by atoms with Gasteiger partial charge in [0, 0.05) is 24.2 Å². The number of nitrogens with zero attached hydrogens (tertiary/aromatic N) is 1. The molecule has 2 aromatic rings. The quantitative estimate of drug-likeness (QED) is 0.792. The van der Waals surface area contributed by atoms with Gasteiger partial charge in [0.2, 0.25) is 0 Å². The molecular weight excluding hydrogens is 209 g/mol. The Labute approximate surface area is 91.8 Å². The fourth-order valence-corrected chi connectivity index (χ4v) is 1.99. The van der Waals surface area contributed by atoms with Gasteiger partial charge in [-0.1, -0.05) is 0 Å². The summed E-state index contributed by atoms with van der Waals surface area (Å²) in [6, 6.07) is 3.94. The summed E-state index contributed by atoms with van der Waals surface area (Å²) in [6.07, 6.45) is 0. The predicted molar refractivity (Wildman–Crippen MR) is 59.8 cm³/mol. The van der Waals surface area contributed by atoms with Crippen molar-refractivity contribution in [3.63, 3.8) is 0 Å². The third kappa shape index (κ3) is 1.51. The van der Waals surface area contributed by atoms with E-state index < -0.39 is 5.82 Å². The van der Waals surface area contributed by atoms with Gasteiger partial charge in [0.25, 0.3) is 0 Å². The first-order valence-corrected chi connectivity index (χ1v) is 4.94. The average Bonchev–Trinajstić information content (AvgIpc) is 2.22. The topological polar surface area (TPSA) is 42.2 Å². The lowest BCUT2D eigenvalue weighted by molar-refractivity contribution is 0.272. The molecule has 3 nitrogen and oxygen atoms in total. The van der Waals surface area contributed by atoms with Gasteiger partial charge in [-0.25, -0.2) is 4.39 Å². The van der Waals surface area contributed by atoms with E-state index in [1.165, 1.54) is 18.2 Å². The Balaban J connectivity index is 3.02. The van der Waals surface area contributed by atoms with Crippen LogP contribution in [0.5, 0.6) is 0 Å². The van der Waals surface area contributed by atoms with Crippen molar-refractivity contribution < 1.29 is 9.50 Å². The Morgan fingerprint density at radius 2 is 2.06 bits per heavy atom. The van der Waals surface area contributed by atoms with Crippen LogP contribution in [0.2, 0.25) is 0 Å². The van der Waals surface area contributed by atoms with Crippen LogP contribution in [0.4, 0.5) is 4.39 Å². The minimum Gasteiger partial charge on any atom is -0.390 e. The highest BCUT2D eigenvalue weighted by atomic mass is 19.1. The van der Waals surface area contributed by atoms with E-state index in [2.05, 4.69) is 0 Å². The fraction of sp³-hybridized carbons (Fsp3) is 0.250. The number of pyridine rings is 1. The molecule has 0 atom stereocenters. The van der Waals surface area contributed by atoms with Gasteiger partial charge < -0.3 is 9.67 Å². The molecule has 1 aromatic carbocycles. The van der Waals surface area contributed by atoms with Crippen LogP contribution in [0.25, 0.3) is 10.9 Å². The van der Waals surface area contributed by atoms with Crippen molar-refractivity contribution in [1.82, 2.24) is 4.57 Å². The summed E-state index contributed by atoms with van der Waals surface area (Å²) in [6.45, 7) is 1.53. The van der Waals surface area contributed by atoms with E-state index in [0.717, 1.165) is 0 Å². The molecule has 0 fully saturated rings. The first-order valence-electron chi connectivity index (χ1n) is 4.94. The largest absolute Gasteiger partial charge is 0.390 e. The SMILES string of the molecule is Cc1cc(F)cc2c(=O)cc(CO)n(C)c12. The molecule has 84 valence electrons. The van der Waals surface area contributed by atoms with E-state index in [-0.39, 0.29) is 12.0 Å². The highest BCUT2D eigenvalue weighted by Gasteiger charge is 2.09. The molecule has 1 N–H and O–H groups in total. The Morgan fingerprint density at radius 3 is 2.69 bits per heavy atom. The molecule has 0 aliphatic heterocycles. The number of hydrogen-bond acceptors (Lipinski definition) is 2. The van der Waals surface area contributed by atoms with E-state index in [1.807, 2.05) is 0 Å². The Bertz CT molecular complexity index is 616. The predicted octanol–water partition coefficient (Wildman–Crippen LogP) is 1.48. The molecular formula is C12H12FNO2. The summed E-state index contributed by atoms with van der Waals surface area (Å²) in [5.41, 5.74) is 1.61. The zero-order chi connectivity index (χ0) is 11.9. The molecule has 0 saturated heterocycles. The molecule has 0 saturated carbocycles. The second-order valence-corrected chi connectivity index (χ2v) is 3.84. The van der Waals surface area contributed by atoms with Crippen LogP contribution >= 0.6 is 0 Å². The zero-order valence-electron chi connectivity index (χ0n) is 9.12. The summed E-state index contributed by atoms with van der Waals surface area (Å²) < 4.78 is 14.9. The van der Waals surface area contributed by atoms with E-state index in [1.54, 1.807) is 18.5 Å². The summed E-state index contributed by atoms with van der Waals surface area (Å²) in [7, 11) is 1.75. The Morgan fingerprint density at radius 1 is 1.38 bits per heavy atom. The van der Waals surface area contributed by atoms with Gasteiger partial charge in [-0.2, -0.15) is 0 Å². The van der Waals surface area contributed by atoms with Crippen molar-refractivity contribution >= 4 is 10.9 Å². The molecule has 4 heteroatoms. The van der Waals surface area contributed by atoms with Gasteiger partial charge in [-0.05, 0) is 24.6 Å². The molecule has 1 heterocycles. The van der Waals surface area contributed by atoms with Gasteiger partial charge in [0.15, 0.2) is 5.43 Å². The highest BCUT2D eigenvalue weighted by Crippen LogP contribution is 2.18. The summed E-state index contributed by atoms with van der Waals surface area (Å²) >= 11 is 0. The zero-order valence-corrected chi connectivity index (χ0v) is 9.12. The molecule has 2 rings (SSSR count). The highest BCUT2D eigenvalue weighted by molar-refractivity contribution is 5.82. The number of fused-ring (bicyclic) bond motifs is 1. The third-order valence-corrected chi connectivity index (χ3v) is 2.76. The number of rotatable bonds is 1. The Kier molecular flexibility index (Phi) is 2.52. The summed E-state index contributed by atoms with van der Waals surface area (Å²) in [4.78, 5) is 11.7. The lowest BCUT2D eigenvalue weighted by Gasteiger charge is -2.12. The maximum atomic E-state index is 13.2. The molecule has 0 radical (unpaired) electrons. The molecule has 0 aliphatic rings. The normalized spacial score (nSPS) is 11.0. The number of hydrogen-bond donors (Lipinski definition) is 1. The molecule has 0 amide bonds.